The minimum atomic E-state index is -0.0824. The first kappa shape index (κ1) is 26.2. The molecule has 0 bridgehead atoms. The summed E-state index contributed by atoms with van der Waals surface area (Å²) in [5.41, 5.74) is 7.51. The van der Waals surface area contributed by atoms with E-state index < -0.39 is 0 Å². The van der Waals surface area contributed by atoms with Gasteiger partial charge in [-0.05, 0) is 46.4 Å². The van der Waals surface area contributed by atoms with Crippen LogP contribution in [0.15, 0.2) is 162 Å². The van der Waals surface area contributed by atoms with Gasteiger partial charge in [0.15, 0.2) is 5.78 Å². The lowest BCUT2D eigenvalue weighted by Crippen LogP contribution is -2.18. The normalized spacial score (nSPS) is 16.8. The van der Waals surface area contributed by atoms with E-state index >= 15 is 0 Å². The fourth-order valence-electron chi connectivity index (χ4n) is 5.40. The zero-order valence-electron chi connectivity index (χ0n) is 22.8. The molecule has 3 heteroatoms. The Labute approximate surface area is 241 Å². The van der Waals surface area contributed by atoms with Crippen molar-refractivity contribution in [2.24, 2.45) is 10.9 Å². The van der Waals surface area contributed by atoms with Crippen molar-refractivity contribution < 1.29 is 9.53 Å². The molecule has 0 saturated carbocycles. The van der Waals surface area contributed by atoms with Crippen molar-refractivity contribution in [2.45, 2.75) is 19.3 Å². The second-order valence-corrected chi connectivity index (χ2v) is 10.2. The highest BCUT2D eigenvalue weighted by Gasteiger charge is 2.24. The van der Waals surface area contributed by atoms with Crippen molar-refractivity contribution in [1.29, 1.82) is 0 Å². The third-order valence-corrected chi connectivity index (χ3v) is 7.29. The van der Waals surface area contributed by atoms with Gasteiger partial charge in [-0.15, -0.1) is 0 Å². The molecule has 2 aliphatic rings. The van der Waals surface area contributed by atoms with Gasteiger partial charge in [-0.2, -0.15) is 0 Å². The predicted molar refractivity (Wildman–Crippen MR) is 167 cm³/mol. The average Bonchev–Trinajstić information content (AvgIpc) is 3.02. The van der Waals surface area contributed by atoms with Gasteiger partial charge in [-0.1, -0.05) is 121 Å². The largest absolute Gasteiger partial charge is 0.462 e. The number of nitrogens with zero attached hydrogens (tertiary/aromatic N) is 1. The van der Waals surface area contributed by atoms with E-state index in [9.17, 15) is 4.79 Å². The van der Waals surface area contributed by atoms with Gasteiger partial charge in [-0.3, -0.25) is 9.79 Å². The van der Waals surface area contributed by atoms with E-state index in [4.69, 9.17) is 9.73 Å². The Morgan fingerprint density at radius 3 is 2.02 bits per heavy atom. The lowest BCUT2D eigenvalue weighted by molar-refractivity contribution is -0.115. The third-order valence-electron chi connectivity index (χ3n) is 7.29. The Balaban J connectivity index is 1.48. The number of rotatable bonds is 7. The van der Waals surface area contributed by atoms with E-state index in [2.05, 4.69) is 109 Å². The highest BCUT2D eigenvalue weighted by molar-refractivity contribution is 6.08. The lowest BCUT2D eigenvalue weighted by atomic mass is 9.80. The Bertz CT molecular complexity index is 1630. The van der Waals surface area contributed by atoms with Crippen molar-refractivity contribution in [3.05, 3.63) is 174 Å². The quantitative estimate of drug-likeness (QED) is 0.222. The summed E-state index contributed by atoms with van der Waals surface area (Å²) >= 11 is 0. The molecule has 4 aromatic carbocycles. The Morgan fingerprint density at radius 2 is 1.37 bits per heavy atom. The van der Waals surface area contributed by atoms with Crippen LogP contribution in [0.1, 0.15) is 36.0 Å². The molecular weight excluding hydrogens is 502 g/mol. The number of carbonyl (C=O) groups is 1. The second kappa shape index (κ2) is 12.4. The first-order valence-electron chi connectivity index (χ1n) is 14.1. The Morgan fingerprint density at radius 1 is 0.707 bits per heavy atom. The van der Waals surface area contributed by atoms with Crippen molar-refractivity contribution in [1.82, 2.24) is 0 Å². The van der Waals surface area contributed by atoms with Gasteiger partial charge in [0.05, 0.1) is 11.4 Å². The molecule has 0 saturated heterocycles. The van der Waals surface area contributed by atoms with Crippen molar-refractivity contribution in [3.8, 4) is 5.75 Å². The fraction of sp³-hybridized carbons (Fsp3) is 0.105. The summed E-state index contributed by atoms with van der Waals surface area (Å²) in [5.74, 6) is 1.44. The number of benzene rings is 4. The molecule has 3 nitrogen and oxygen atoms in total. The fourth-order valence-corrected chi connectivity index (χ4v) is 5.40. The maximum absolute atomic E-state index is 11.9. The van der Waals surface area contributed by atoms with Crippen LogP contribution in [0.4, 0.5) is 5.69 Å². The van der Waals surface area contributed by atoms with E-state index in [0.717, 1.165) is 40.9 Å². The van der Waals surface area contributed by atoms with Crippen molar-refractivity contribution in [3.63, 3.8) is 0 Å². The van der Waals surface area contributed by atoms with Crippen molar-refractivity contribution >= 4 is 22.8 Å². The van der Waals surface area contributed by atoms with Gasteiger partial charge < -0.3 is 4.74 Å². The number of carbonyl (C=O) groups excluding carboxylic acids is 1. The summed E-state index contributed by atoms with van der Waals surface area (Å²) in [5, 5.41) is 0. The highest BCUT2D eigenvalue weighted by Crippen LogP contribution is 2.36. The standard InChI is InChI=1S/C38H31NO2/c40-32-21-13-23-34(27-32)41-33-22-12-20-31(26-33)39-38(30-18-8-3-9-19-30)36-25-11-10-24-35(36)37(28-14-4-1-5-15-28)29-16-6-2-7-17-29/h1-12,14-20,22,24-27,36H,13,21,23H2. The topological polar surface area (TPSA) is 38.7 Å². The number of hydrogen-bond acceptors (Lipinski definition) is 3. The molecular formula is C38H31NO2. The Kier molecular flexibility index (Phi) is 7.95. The first-order chi connectivity index (χ1) is 20.2. The van der Waals surface area contributed by atoms with Gasteiger partial charge in [0.1, 0.15) is 11.5 Å². The maximum atomic E-state index is 11.9. The number of hydrogen-bond donors (Lipinski definition) is 0. The zero-order valence-corrected chi connectivity index (χ0v) is 22.8. The molecule has 0 radical (unpaired) electrons. The molecule has 0 amide bonds. The summed E-state index contributed by atoms with van der Waals surface area (Å²) in [7, 11) is 0. The van der Waals surface area contributed by atoms with Crippen LogP contribution in [0.25, 0.3) is 5.57 Å². The van der Waals surface area contributed by atoms with Gasteiger partial charge in [0, 0.05) is 30.9 Å². The molecule has 0 N–H and O–H groups in total. The van der Waals surface area contributed by atoms with Crippen LogP contribution in [-0.2, 0) is 4.79 Å². The molecule has 41 heavy (non-hydrogen) atoms. The van der Waals surface area contributed by atoms with Crippen LogP contribution in [0.5, 0.6) is 5.75 Å². The van der Waals surface area contributed by atoms with E-state index in [1.54, 1.807) is 6.08 Å². The van der Waals surface area contributed by atoms with Crippen LogP contribution in [0.2, 0.25) is 0 Å². The van der Waals surface area contributed by atoms with Gasteiger partial charge in [0.2, 0.25) is 0 Å². The molecule has 0 aromatic heterocycles. The van der Waals surface area contributed by atoms with Crippen LogP contribution in [-0.4, -0.2) is 11.5 Å². The number of ketones is 1. The first-order valence-corrected chi connectivity index (χ1v) is 14.1. The van der Waals surface area contributed by atoms with E-state index in [0.29, 0.717) is 17.9 Å². The molecule has 0 fully saturated rings. The molecule has 0 heterocycles. The average molecular weight is 534 g/mol. The molecule has 1 unspecified atom stereocenters. The lowest BCUT2D eigenvalue weighted by Gasteiger charge is -2.24. The van der Waals surface area contributed by atoms with E-state index in [-0.39, 0.29) is 11.7 Å². The second-order valence-electron chi connectivity index (χ2n) is 10.2. The summed E-state index contributed by atoms with van der Waals surface area (Å²) in [6.45, 7) is 0. The predicted octanol–water partition coefficient (Wildman–Crippen LogP) is 9.07. The highest BCUT2D eigenvalue weighted by atomic mass is 16.5. The molecule has 2 aliphatic carbocycles. The summed E-state index contributed by atoms with van der Waals surface area (Å²) < 4.78 is 6.11. The number of ether oxygens (including phenoxy) is 1. The van der Waals surface area contributed by atoms with Gasteiger partial charge >= 0.3 is 0 Å². The maximum Gasteiger partial charge on any atom is 0.159 e. The molecule has 4 aromatic rings. The van der Waals surface area contributed by atoms with Gasteiger partial charge in [0.25, 0.3) is 0 Å². The molecule has 1 atom stereocenters. The van der Waals surface area contributed by atoms with Gasteiger partial charge in [-0.25, -0.2) is 0 Å². The molecule has 0 spiro atoms. The van der Waals surface area contributed by atoms with Crippen molar-refractivity contribution in [2.75, 3.05) is 0 Å². The van der Waals surface area contributed by atoms with Crippen LogP contribution in [0, 0.1) is 5.92 Å². The summed E-state index contributed by atoms with van der Waals surface area (Å²) in [6, 6.07) is 39.3. The van der Waals surface area contributed by atoms with E-state index in [1.807, 2.05) is 30.3 Å². The SMILES string of the molecule is O=C1C=C(Oc2cccc(N=C(c3ccccc3)C3C=CC=CC3=C(c3ccccc3)c3ccccc3)c2)CCC1. The molecule has 0 aliphatic heterocycles. The molecule has 6 rings (SSSR count). The summed E-state index contributed by atoms with van der Waals surface area (Å²) in [4.78, 5) is 17.2. The minimum Gasteiger partial charge on any atom is -0.462 e. The molecule has 200 valence electrons. The minimum absolute atomic E-state index is 0.0824. The van der Waals surface area contributed by atoms with Crippen LogP contribution < -0.4 is 4.74 Å². The summed E-state index contributed by atoms with van der Waals surface area (Å²) in [6.07, 6.45) is 12.5. The van der Waals surface area contributed by atoms with Crippen LogP contribution in [0.3, 0.4) is 0 Å². The number of aliphatic imine (C=N–C) groups is 1. The van der Waals surface area contributed by atoms with Crippen LogP contribution >= 0.6 is 0 Å². The third kappa shape index (κ3) is 6.26. The van der Waals surface area contributed by atoms with E-state index in [1.165, 1.54) is 11.1 Å². The smallest absolute Gasteiger partial charge is 0.159 e. The monoisotopic (exact) mass is 533 g/mol. The number of allylic oxidation sites excluding steroid dienone is 7. The Hall–Kier alpha value is -5.02. The zero-order chi connectivity index (χ0) is 27.9.